The Labute approximate surface area is 284 Å². The van der Waals surface area contributed by atoms with E-state index in [0.717, 1.165) is 18.4 Å². The van der Waals surface area contributed by atoms with Gasteiger partial charge in [-0.25, -0.2) is 0 Å². The van der Waals surface area contributed by atoms with Crippen LogP contribution < -0.4 is 0 Å². The molecule has 5 fully saturated rings. The molecule has 0 amide bonds. The Morgan fingerprint density at radius 2 is 1.54 bits per heavy atom. The third kappa shape index (κ3) is 4.29. The van der Waals surface area contributed by atoms with Crippen LogP contribution in [-0.4, -0.2) is 108 Å². The van der Waals surface area contributed by atoms with Gasteiger partial charge in [0.25, 0.3) is 0 Å². The molecule has 17 atom stereocenters. The van der Waals surface area contributed by atoms with E-state index in [4.69, 9.17) is 9.47 Å². The summed E-state index contributed by atoms with van der Waals surface area (Å²) in [6, 6.07) is 0. The van der Waals surface area contributed by atoms with Gasteiger partial charge in [-0.05, 0) is 85.4 Å². The lowest BCUT2D eigenvalue weighted by Crippen LogP contribution is -2.74. The fourth-order valence-electron chi connectivity index (χ4n) is 13.0. The minimum atomic E-state index is -1.76. The Kier molecular flexibility index (Phi) is 8.53. The summed E-state index contributed by atoms with van der Waals surface area (Å²) >= 11 is 0. The van der Waals surface area contributed by atoms with E-state index in [0.29, 0.717) is 32.1 Å². The SMILES string of the molecule is C[C@@H]1CC[C@]2(C(=O)O[C@@H]3O[C@H](CO)[C@@H](O)[C@H](O)[C@H]3O)CC[C@]3(C)C(=C[C@@H](O)[C@H]4[C@@]5(C)C[C@H](O)[C@H](O)C(C)(C)[C@@H]5CC[C@]43C)[C@]2(C)[C@]1(C)O. The summed E-state index contributed by atoms with van der Waals surface area (Å²) in [5.74, 6) is -1.13. The minimum absolute atomic E-state index is 0.0549. The lowest BCUT2D eigenvalue weighted by molar-refractivity contribution is -0.304. The Hall–Kier alpha value is -1.15. The van der Waals surface area contributed by atoms with Gasteiger partial charge in [0.05, 0.1) is 35.9 Å². The first-order valence-corrected chi connectivity index (χ1v) is 18.0. The van der Waals surface area contributed by atoms with Gasteiger partial charge in [-0.1, -0.05) is 60.1 Å². The van der Waals surface area contributed by atoms with E-state index in [9.17, 15) is 45.6 Å². The van der Waals surface area contributed by atoms with Crippen molar-refractivity contribution in [1.29, 1.82) is 0 Å². The van der Waals surface area contributed by atoms with Crippen molar-refractivity contribution in [2.24, 2.45) is 50.2 Å². The van der Waals surface area contributed by atoms with E-state index in [1.165, 1.54) is 0 Å². The number of esters is 1. The van der Waals surface area contributed by atoms with Gasteiger partial charge in [-0.2, -0.15) is 0 Å². The van der Waals surface area contributed by atoms with E-state index in [2.05, 4.69) is 20.8 Å². The molecule has 274 valence electrons. The highest BCUT2D eigenvalue weighted by Crippen LogP contribution is 2.79. The number of carbonyl (C=O) groups excluding carboxylic acids is 1. The summed E-state index contributed by atoms with van der Waals surface area (Å²) in [6.45, 7) is 15.6. The molecular weight excluding hydrogens is 620 g/mol. The van der Waals surface area contributed by atoms with Gasteiger partial charge in [0.2, 0.25) is 6.29 Å². The maximum Gasteiger partial charge on any atom is 0.315 e. The largest absolute Gasteiger partial charge is 0.432 e. The standard InChI is InChI=1S/C37H60O11/c1-18-9-12-37(30(45)48-29-26(43)25(42)24(41)21(17-38)47-29)14-13-33(5)23(35(37,7)36(18,8)46)15-19(39)27-32(4)16-20(40)28(44)31(2,3)22(32)10-11-34(27,33)6/h15,18-22,24-29,38-44,46H,9-14,16-17H2,1-8H3/t18-,19-,20+,21-,22+,24-,25+,26-,27+,28+,29+,32+,33-,34-,35-,36-,37-/m1/s1. The summed E-state index contributed by atoms with van der Waals surface area (Å²) in [5.41, 5.74) is -5.26. The van der Waals surface area contributed by atoms with Crippen molar-refractivity contribution in [3.63, 3.8) is 0 Å². The third-order valence-electron chi connectivity index (χ3n) is 16.3. The number of aliphatic hydroxyl groups is 8. The van der Waals surface area contributed by atoms with E-state index >= 15 is 0 Å². The topological polar surface area (TPSA) is 197 Å². The molecule has 1 saturated heterocycles. The zero-order chi connectivity index (χ0) is 35.8. The number of hydrogen-bond donors (Lipinski definition) is 8. The Morgan fingerprint density at radius 3 is 2.17 bits per heavy atom. The van der Waals surface area contributed by atoms with Gasteiger partial charge in [0.15, 0.2) is 0 Å². The zero-order valence-electron chi connectivity index (χ0n) is 29.9. The molecule has 0 aromatic carbocycles. The van der Waals surface area contributed by atoms with Crippen LogP contribution >= 0.6 is 0 Å². The second-order valence-electron chi connectivity index (χ2n) is 18.3. The van der Waals surface area contributed by atoms with Crippen molar-refractivity contribution in [2.75, 3.05) is 6.61 Å². The molecule has 0 bridgehead atoms. The molecular formula is C37H60O11. The highest BCUT2D eigenvalue weighted by atomic mass is 16.7. The van der Waals surface area contributed by atoms with Gasteiger partial charge < -0.3 is 50.3 Å². The summed E-state index contributed by atoms with van der Waals surface area (Å²) < 4.78 is 11.5. The predicted molar refractivity (Wildman–Crippen MR) is 174 cm³/mol. The fraction of sp³-hybridized carbons (Fsp3) is 0.919. The van der Waals surface area contributed by atoms with Crippen LogP contribution in [0.4, 0.5) is 0 Å². The van der Waals surface area contributed by atoms with Crippen molar-refractivity contribution in [1.82, 2.24) is 0 Å². The molecule has 48 heavy (non-hydrogen) atoms. The first-order valence-electron chi connectivity index (χ1n) is 18.0. The highest BCUT2D eigenvalue weighted by Gasteiger charge is 2.77. The van der Waals surface area contributed by atoms with Crippen LogP contribution in [0.3, 0.4) is 0 Å². The van der Waals surface area contributed by atoms with Crippen molar-refractivity contribution < 1.29 is 55.1 Å². The van der Waals surface area contributed by atoms with Crippen LogP contribution in [0, 0.1) is 50.2 Å². The molecule has 11 nitrogen and oxygen atoms in total. The van der Waals surface area contributed by atoms with Gasteiger partial charge in [-0.3, -0.25) is 4.79 Å². The molecule has 6 aliphatic rings. The molecule has 0 aromatic rings. The third-order valence-corrected chi connectivity index (χ3v) is 16.3. The van der Waals surface area contributed by atoms with Crippen LogP contribution in [0.5, 0.6) is 0 Å². The zero-order valence-corrected chi connectivity index (χ0v) is 29.9. The summed E-state index contributed by atoms with van der Waals surface area (Å²) in [7, 11) is 0. The average molecular weight is 681 g/mol. The first kappa shape index (κ1) is 36.6. The molecule has 0 radical (unpaired) electrons. The molecule has 6 rings (SSSR count). The van der Waals surface area contributed by atoms with Crippen molar-refractivity contribution in [3.8, 4) is 0 Å². The smallest absolute Gasteiger partial charge is 0.315 e. The molecule has 8 N–H and O–H groups in total. The number of fused-ring (bicyclic) bond motifs is 7. The van der Waals surface area contributed by atoms with Crippen LogP contribution in [0.15, 0.2) is 11.6 Å². The lowest BCUT2D eigenvalue weighted by Gasteiger charge is -2.75. The molecule has 0 unspecified atom stereocenters. The van der Waals surface area contributed by atoms with E-state index in [-0.39, 0.29) is 17.8 Å². The summed E-state index contributed by atoms with van der Waals surface area (Å²) in [6.07, 6.45) is -5.13. The number of hydrogen-bond acceptors (Lipinski definition) is 11. The quantitative estimate of drug-likeness (QED) is 0.160. The van der Waals surface area contributed by atoms with Crippen molar-refractivity contribution >= 4 is 5.97 Å². The maximum absolute atomic E-state index is 14.7. The second kappa shape index (κ2) is 11.2. The van der Waals surface area contributed by atoms with Crippen LogP contribution in [0.1, 0.15) is 100 Å². The molecule has 0 aromatic heterocycles. The lowest BCUT2D eigenvalue weighted by atomic mass is 9.30. The van der Waals surface area contributed by atoms with E-state index in [1.54, 1.807) is 6.92 Å². The van der Waals surface area contributed by atoms with Gasteiger partial charge in [-0.15, -0.1) is 0 Å². The normalized spacial score (nSPS) is 57.7. The second-order valence-corrected chi connectivity index (χ2v) is 18.3. The van der Waals surface area contributed by atoms with Gasteiger partial charge in [0.1, 0.15) is 24.4 Å². The van der Waals surface area contributed by atoms with Crippen molar-refractivity contribution in [3.05, 3.63) is 11.6 Å². The molecule has 1 heterocycles. The summed E-state index contributed by atoms with van der Waals surface area (Å²) in [4.78, 5) is 14.7. The highest BCUT2D eigenvalue weighted by molar-refractivity contribution is 5.80. The maximum atomic E-state index is 14.7. The Balaban J connectivity index is 1.46. The van der Waals surface area contributed by atoms with Gasteiger partial charge >= 0.3 is 5.97 Å². The average Bonchev–Trinajstić information content (AvgIpc) is 3.00. The van der Waals surface area contributed by atoms with Crippen LogP contribution in [0.2, 0.25) is 0 Å². The first-order chi connectivity index (χ1) is 22.0. The number of ether oxygens (including phenoxy) is 2. The van der Waals surface area contributed by atoms with Crippen LogP contribution in [0.25, 0.3) is 0 Å². The number of rotatable bonds is 3. The van der Waals surface area contributed by atoms with E-state index < -0.39 is 99.7 Å². The van der Waals surface area contributed by atoms with Gasteiger partial charge in [0, 0.05) is 11.3 Å². The molecule has 4 saturated carbocycles. The number of carbonyl (C=O) groups is 1. The fourth-order valence-corrected chi connectivity index (χ4v) is 13.0. The molecule has 0 spiro atoms. The van der Waals surface area contributed by atoms with Crippen molar-refractivity contribution in [2.45, 2.75) is 155 Å². The predicted octanol–water partition coefficient (Wildman–Crippen LogP) is 1.79. The molecule has 5 aliphatic carbocycles. The number of aliphatic hydroxyl groups excluding tert-OH is 7. The Bertz CT molecular complexity index is 1330. The monoisotopic (exact) mass is 680 g/mol. The molecule has 1 aliphatic heterocycles. The summed E-state index contributed by atoms with van der Waals surface area (Å²) in [5, 5.41) is 88.5. The Morgan fingerprint density at radius 1 is 0.896 bits per heavy atom. The van der Waals surface area contributed by atoms with Crippen LogP contribution in [-0.2, 0) is 14.3 Å². The molecule has 11 heteroatoms. The minimum Gasteiger partial charge on any atom is -0.432 e. The van der Waals surface area contributed by atoms with E-state index in [1.807, 2.05) is 33.8 Å².